The minimum Gasteiger partial charge on any atom is -0.459 e. The van der Waals surface area contributed by atoms with Crippen LogP contribution in [-0.4, -0.2) is 27.0 Å². The fourth-order valence-corrected chi connectivity index (χ4v) is 12.9. The second-order valence-electron chi connectivity index (χ2n) is 15.3. The van der Waals surface area contributed by atoms with Gasteiger partial charge in [-0.25, -0.2) is 4.79 Å². The number of esters is 1. The number of ether oxygens (including phenoxy) is 1. The van der Waals surface area contributed by atoms with Crippen LogP contribution in [0.15, 0.2) is 97.1 Å². The van der Waals surface area contributed by atoms with Crippen LogP contribution in [-0.2, 0) is 20.4 Å². The highest BCUT2D eigenvalue weighted by atomic mass is 28.4. The van der Waals surface area contributed by atoms with Crippen LogP contribution in [0.4, 0.5) is 0 Å². The van der Waals surface area contributed by atoms with Crippen LogP contribution in [0.5, 0.6) is 0 Å². The van der Waals surface area contributed by atoms with Crippen molar-refractivity contribution in [3.63, 3.8) is 0 Å². The minimum atomic E-state index is -2.74. The third-order valence-corrected chi connectivity index (χ3v) is 16.1. The van der Waals surface area contributed by atoms with Crippen molar-refractivity contribution in [1.82, 2.24) is 0 Å². The smallest absolute Gasteiger partial charge is 0.335 e. The van der Waals surface area contributed by atoms with Crippen LogP contribution < -0.4 is 10.4 Å². The molecule has 2 aliphatic rings. The predicted octanol–water partition coefficient (Wildman–Crippen LogP) is 9.93. The van der Waals surface area contributed by atoms with Crippen LogP contribution in [0.3, 0.4) is 0 Å². The van der Waals surface area contributed by atoms with Gasteiger partial charge in [-0.1, -0.05) is 132 Å². The molecule has 0 radical (unpaired) electrons. The van der Waals surface area contributed by atoms with E-state index in [1.54, 1.807) is 0 Å². The molecule has 3 aromatic carbocycles. The fraction of sp³-hybridized carbons (Fsp3) is 0.512. The van der Waals surface area contributed by atoms with Crippen molar-refractivity contribution in [3.8, 4) is 0 Å². The number of hydrogen-bond acceptors (Lipinski definition) is 3. The zero-order valence-corrected chi connectivity index (χ0v) is 30.5. The van der Waals surface area contributed by atoms with E-state index in [2.05, 4.69) is 107 Å². The van der Waals surface area contributed by atoms with Crippen LogP contribution in [0, 0.1) is 11.8 Å². The van der Waals surface area contributed by atoms with Gasteiger partial charge in [0.05, 0.1) is 12.2 Å². The van der Waals surface area contributed by atoms with Crippen LogP contribution in [0.2, 0.25) is 5.04 Å². The Morgan fingerprint density at radius 3 is 1.79 bits per heavy atom. The molecule has 2 fully saturated rings. The molecule has 0 spiro atoms. The number of rotatable bonds is 13. The van der Waals surface area contributed by atoms with Crippen molar-refractivity contribution >= 4 is 24.7 Å². The van der Waals surface area contributed by atoms with E-state index in [-0.39, 0.29) is 23.7 Å². The van der Waals surface area contributed by atoms with Gasteiger partial charge in [-0.2, -0.15) is 0 Å². The van der Waals surface area contributed by atoms with E-state index in [1.165, 1.54) is 72.9 Å². The molecular formula is C43H58O3Si. The van der Waals surface area contributed by atoms with Gasteiger partial charge in [0.25, 0.3) is 8.32 Å². The molecule has 4 heteroatoms. The summed E-state index contributed by atoms with van der Waals surface area (Å²) in [6.07, 6.45) is 14.6. The monoisotopic (exact) mass is 650 g/mol. The van der Waals surface area contributed by atoms with E-state index >= 15 is 0 Å². The third-order valence-electron chi connectivity index (χ3n) is 11.1. The molecule has 0 aromatic heterocycles. The number of benzene rings is 3. The minimum absolute atomic E-state index is 0.0180. The first-order valence-electron chi connectivity index (χ1n) is 18.4. The van der Waals surface area contributed by atoms with E-state index in [0.29, 0.717) is 11.5 Å². The van der Waals surface area contributed by atoms with Gasteiger partial charge in [-0.05, 0) is 109 Å². The standard InChI is InChI=1S/C43H58O3Si/c1-6-7-10-15-34-20-22-35(23-21-34)36-24-26-37(27-25-36)38-28-30-39(31-29-38)46-42(44)33(2)32-45-47(43(3,4)5,40-16-11-8-12-17-40)41-18-13-9-14-19-41/h8-9,11-14,16-23,36-39H,2,6-7,10,15,24-32H2,1,3-5H3. The number of carbonyl (C=O) groups excluding carboxylic acids is 1. The van der Waals surface area contributed by atoms with E-state index in [9.17, 15) is 4.79 Å². The van der Waals surface area contributed by atoms with Crippen molar-refractivity contribution in [2.24, 2.45) is 11.8 Å². The first-order valence-corrected chi connectivity index (χ1v) is 20.3. The van der Waals surface area contributed by atoms with E-state index < -0.39 is 8.32 Å². The molecular weight excluding hydrogens is 593 g/mol. The quantitative estimate of drug-likeness (QED) is 0.0800. The van der Waals surface area contributed by atoms with E-state index in [1.807, 2.05) is 12.1 Å². The molecule has 252 valence electrons. The Balaban J connectivity index is 1.10. The number of carbonyl (C=O) groups is 1. The molecule has 5 rings (SSSR count). The van der Waals surface area contributed by atoms with Crippen molar-refractivity contribution in [1.29, 1.82) is 0 Å². The number of aryl methyl sites for hydroxylation is 1. The van der Waals surface area contributed by atoms with Gasteiger partial charge in [0.1, 0.15) is 6.10 Å². The Hall–Kier alpha value is -2.95. The molecule has 0 amide bonds. The van der Waals surface area contributed by atoms with Crippen molar-refractivity contribution in [3.05, 3.63) is 108 Å². The summed E-state index contributed by atoms with van der Waals surface area (Å²) >= 11 is 0. The molecule has 0 saturated heterocycles. The third kappa shape index (κ3) is 8.75. The number of hydrogen-bond donors (Lipinski definition) is 0. The second-order valence-corrected chi connectivity index (χ2v) is 19.6. The van der Waals surface area contributed by atoms with Gasteiger partial charge in [-0.15, -0.1) is 0 Å². The lowest BCUT2D eigenvalue weighted by Crippen LogP contribution is -2.66. The van der Waals surface area contributed by atoms with Gasteiger partial charge >= 0.3 is 5.97 Å². The van der Waals surface area contributed by atoms with E-state index in [0.717, 1.165) is 37.5 Å². The average Bonchev–Trinajstić information content (AvgIpc) is 3.09. The summed E-state index contributed by atoms with van der Waals surface area (Å²) in [6.45, 7) is 13.3. The largest absolute Gasteiger partial charge is 0.459 e. The van der Waals surface area contributed by atoms with Crippen molar-refractivity contribution in [2.75, 3.05) is 6.61 Å². The maximum Gasteiger partial charge on any atom is 0.335 e. The predicted molar refractivity (Wildman–Crippen MR) is 199 cm³/mol. The highest BCUT2D eigenvalue weighted by molar-refractivity contribution is 6.99. The normalized spacial score (nSPS) is 22.0. The van der Waals surface area contributed by atoms with Crippen molar-refractivity contribution < 1.29 is 14.0 Å². The fourth-order valence-electron chi connectivity index (χ4n) is 8.39. The average molecular weight is 651 g/mol. The van der Waals surface area contributed by atoms with Gasteiger partial charge in [0.15, 0.2) is 0 Å². The van der Waals surface area contributed by atoms with Crippen LogP contribution in [0.1, 0.15) is 115 Å². The lowest BCUT2D eigenvalue weighted by atomic mass is 9.69. The summed E-state index contributed by atoms with van der Waals surface area (Å²) in [5.41, 5.74) is 3.44. The summed E-state index contributed by atoms with van der Waals surface area (Å²) in [5.74, 6) is 1.98. The van der Waals surface area contributed by atoms with Crippen LogP contribution in [0.25, 0.3) is 0 Å². The second kappa shape index (κ2) is 16.4. The molecule has 0 unspecified atom stereocenters. The maximum atomic E-state index is 13.3. The molecule has 0 bridgehead atoms. The zero-order chi connectivity index (χ0) is 33.3. The molecule has 2 aliphatic carbocycles. The highest BCUT2D eigenvalue weighted by Gasteiger charge is 2.50. The maximum absolute atomic E-state index is 13.3. The Labute approximate surface area is 286 Å². The first kappa shape index (κ1) is 35.4. The summed E-state index contributed by atoms with van der Waals surface area (Å²) in [4.78, 5) is 13.3. The molecule has 3 aromatic rings. The Morgan fingerprint density at radius 1 is 0.745 bits per heavy atom. The number of unbranched alkanes of at least 4 members (excludes halogenated alkanes) is 2. The zero-order valence-electron chi connectivity index (χ0n) is 29.5. The van der Waals surface area contributed by atoms with Crippen molar-refractivity contribution in [2.45, 2.75) is 122 Å². The molecule has 0 atom stereocenters. The Kier molecular flexibility index (Phi) is 12.4. The highest BCUT2D eigenvalue weighted by Crippen LogP contribution is 2.43. The molecule has 0 heterocycles. The van der Waals surface area contributed by atoms with Crippen LogP contribution >= 0.6 is 0 Å². The summed E-state index contributed by atoms with van der Waals surface area (Å²) in [5, 5.41) is 2.24. The lowest BCUT2D eigenvalue weighted by Gasteiger charge is -2.43. The summed E-state index contributed by atoms with van der Waals surface area (Å²) in [6, 6.07) is 30.6. The van der Waals surface area contributed by atoms with Gasteiger partial charge in [0, 0.05) is 0 Å². The summed E-state index contributed by atoms with van der Waals surface area (Å²) < 4.78 is 13.0. The molecule has 3 nitrogen and oxygen atoms in total. The SMILES string of the molecule is C=C(CO[Si](c1ccccc1)(c1ccccc1)C(C)(C)C)C(=O)OC1CCC(C2CCC(c3ccc(CCCCC)cc3)CC2)CC1. The Bertz CT molecular complexity index is 1350. The van der Waals surface area contributed by atoms with E-state index in [4.69, 9.17) is 9.16 Å². The molecule has 0 N–H and O–H groups in total. The summed E-state index contributed by atoms with van der Waals surface area (Å²) in [7, 11) is -2.74. The lowest BCUT2D eigenvalue weighted by molar-refractivity contribution is -0.146. The molecule has 2 saturated carbocycles. The first-order chi connectivity index (χ1) is 22.7. The van der Waals surface area contributed by atoms with Gasteiger partial charge in [-0.3, -0.25) is 0 Å². The van der Waals surface area contributed by atoms with Gasteiger partial charge < -0.3 is 9.16 Å². The topological polar surface area (TPSA) is 35.5 Å². The van der Waals surface area contributed by atoms with Gasteiger partial charge in [0.2, 0.25) is 0 Å². The molecule has 47 heavy (non-hydrogen) atoms. The molecule has 0 aliphatic heterocycles. The Morgan fingerprint density at radius 2 is 1.28 bits per heavy atom.